The Kier molecular flexibility index (Phi) is 3.91. The Hall–Kier alpha value is -2.25. The third-order valence-corrected chi connectivity index (χ3v) is 4.27. The zero-order chi connectivity index (χ0) is 14.2. The molecule has 1 aliphatic heterocycles. The predicted molar refractivity (Wildman–Crippen MR) is 98.4 cm³/mol. The summed E-state index contributed by atoms with van der Waals surface area (Å²) in [6.07, 6.45) is 4.44. The predicted octanol–water partition coefficient (Wildman–Crippen LogP) is 5.73. The molecule has 0 aliphatic carbocycles. The van der Waals surface area contributed by atoms with Gasteiger partial charge >= 0.3 is 0 Å². The van der Waals surface area contributed by atoms with E-state index in [4.69, 9.17) is 0 Å². The van der Waals surface area contributed by atoms with Crippen LogP contribution in [0.1, 0.15) is 11.1 Å². The lowest BCUT2D eigenvalue weighted by Crippen LogP contribution is -2.21. The van der Waals surface area contributed by atoms with Crippen LogP contribution in [0, 0.1) is 6.92 Å². The molecular weight excluding hydrogens is 290 g/mol. The van der Waals surface area contributed by atoms with Crippen LogP contribution in [0.5, 0.6) is 0 Å². The highest BCUT2D eigenvalue weighted by atomic mass is 35.5. The Morgan fingerprint density at radius 3 is 2.50 bits per heavy atom. The van der Waals surface area contributed by atoms with Gasteiger partial charge in [0.05, 0.1) is 0 Å². The number of halogens is 1. The second-order valence-electron chi connectivity index (χ2n) is 5.50. The number of anilines is 2. The van der Waals surface area contributed by atoms with Gasteiger partial charge in [-0.15, -0.1) is 12.4 Å². The van der Waals surface area contributed by atoms with E-state index in [0.717, 1.165) is 6.54 Å². The van der Waals surface area contributed by atoms with Crippen LogP contribution in [0.15, 0.2) is 66.7 Å². The molecule has 0 amide bonds. The van der Waals surface area contributed by atoms with E-state index in [1.807, 2.05) is 0 Å². The molecule has 0 radical (unpaired) electrons. The minimum absolute atomic E-state index is 0. The Labute approximate surface area is 137 Å². The van der Waals surface area contributed by atoms with Crippen molar-refractivity contribution >= 4 is 40.6 Å². The van der Waals surface area contributed by atoms with Gasteiger partial charge < -0.3 is 4.90 Å². The van der Waals surface area contributed by atoms with Gasteiger partial charge in [-0.25, -0.2) is 0 Å². The van der Waals surface area contributed by atoms with Gasteiger partial charge in [0, 0.05) is 17.9 Å². The number of hydrogen-bond donors (Lipinski definition) is 0. The second-order valence-corrected chi connectivity index (χ2v) is 5.50. The molecule has 0 N–H and O–H groups in total. The number of rotatable bonds is 1. The minimum Gasteiger partial charge on any atom is -0.337 e. The SMILES string of the molecule is Cc1c(N2CC=Cc3ccccc32)ccc2ccccc12.Cl. The van der Waals surface area contributed by atoms with Crippen LogP contribution in [0.25, 0.3) is 16.8 Å². The fourth-order valence-electron chi connectivity index (χ4n) is 3.19. The molecule has 0 saturated heterocycles. The third kappa shape index (κ3) is 2.28. The molecule has 110 valence electrons. The first-order chi connectivity index (χ1) is 10.3. The minimum atomic E-state index is 0. The van der Waals surface area contributed by atoms with Crippen molar-refractivity contribution in [2.45, 2.75) is 6.92 Å². The fourth-order valence-corrected chi connectivity index (χ4v) is 3.19. The van der Waals surface area contributed by atoms with Crippen LogP contribution >= 0.6 is 12.4 Å². The molecule has 0 aromatic heterocycles. The molecule has 0 spiro atoms. The standard InChI is InChI=1S/C20H17N.ClH/c1-15-18-10-4-2-7-16(18)12-13-19(15)21-14-6-9-17-8-3-5-11-20(17)21;/h2-13H,14H2,1H3;1H. The quantitative estimate of drug-likeness (QED) is 0.554. The summed E-state index contributed by atoms with van der Waals surface area (Å²) < 4.78 is 0. The van der Waals surface area contributed by atoms with Crippen molar-refractivity contribution in [1.82, 2.24) is 0 Å². The number of hydrogen-bond acceptors (Lipinski definition) is 1. The van der Waals surface area contributed by atoms with Crippen molar-refractivity contribution in [2.24, 2.45) is 0 Å². The molecule has 3 aromatic carbocycles. The Bertz CT molecular complexity index is 851. The average Bonchev–Trinajstić information content (AvgIpc) is 2.55. The summed E-state index contributed by atoms with van der Waals surface area (Å²) in [7, 11) is 0. The lowest BCUT2D eigenvalue weighted by Gasteiger charge is -2.30. The van der Waals surface area contributed by atoms with E-state index >= 15 is 0 Å². The van der Waals surface area contributed by atoms with Crippen molar-refractivity contribution < 1.29 is 0 Å². The number of nitrogens with zero attached hydrogens (tertiary/aromatic N) is 1. The maximum atomic E-state index is 2.40. The molecule has 0 atom stereocenters. The smallest absolute Gasteiger partial charge is 0.0487 e. The number of fused-ring (bicyclic) bond motifs is 2. The summed E-state index contributed by atoms with van der Waals surface area (Å²) in [5.74, 6) is 0. The lowest BCUT2D eigenvalue weighted by atomic mass is 10.0. The maximum absolute atomic E-state index is 2.40. The lowest BCUT2D eigenvalue weighted by molar-refractivity contribution is 1.07. The van der Waals surface area contributed by atoms with Gasteiger partial charge in [0.1, 0.15) is 0 Å². The highest BCUT2D eigenvalue weighted by Gasteiger charge is 2.16. The van der Waals surface area contributed by atoms with Gasteiger partial charge in [-0.1, -0.05) is 60.7 Å². The summed E-state index contributed by atoms with van der Waals surface area (Å²) in [6, 6.07) is 21.6. The number of para-hydroxylation sites is 1. The molecule has 0 bridgehead atoms. The van der Waals surface area contributed by atoms with Crippen LogP contribution in [0.4, 0.5) is 11.4 Å². The largest absolute Gasteiger partial charge is 0.337 e. The Morgan fingerprint density at radius 1 is 0.818 bits per heavy atom. The average molecular weight is 308 g/mol. The van der Waals surface area contributed by atoms with E-state index in [0.29, 0.717) is 0 Å². The van der Waals surface area contributed by atoms with E-state index < -0.39 is 0 Å². The number of benzene rings is 3. The Balaban J connectivity index is 0.00000144. The first kappa shape index (κ1) is 14.7. The Morgan fingerprint density at radius 2 is 1.59 bits per heavy atom. The highest BCUT2D eigenvalue weighted by molar-refractivity contribution is 5.92. The molecule has 3 aromatic rings. The monoisotopic (exact) mass is 307 g/mol. The summed E-state index contributed by atoms with van der Waals surface area (Å²) in [6.45, 7) is 3.15. The van der Waals surface area contributed by atoms with E-state index in [-0.39, 0.29) is 12.4 Å². The fraction of sp³-hybridized carbons (Fsp3) is 0.100. The molecular formula is C20H18ClN. The second kappa shape index (κ2) is 5.86. The van der Waals surface area contributed by atoms with Crippen molar-refractivity contribution in [2.75, 3.05) is 11.4 Å². The van der Waals surface area contributed by atoms with Gasteiger partial charge in [0.25, 0.3) is 0 Å². The molecule has 0 saturated carbocycles. The van der Waals surface area contributed by atoms with Crippen molar-refractivity contribution in [3.63, 3.8) is 0 Å². The summed E-state index contributed by atoms with van der Waals surface area (Å²) in [4.78, 5) is 2.40. The molecule has 2 heteroatoms. The van der Waals surface area contributed by atoms with Crippen LogP contribution in [-0.2, 0) is 0 Å². The van der Waals surface area contributed by atoms with Crippen LogP contribution in [-0.4, -0.2) is 6.54 Å². The molecule has 0 fully saturated rings. The summed E-state index contributed by atoms with van der Waals surface area (Å²) in [5, 5.41) is 2.64. The normalized spacial score (nSPS) is 12.9. The van der Waals surface area contributed by atoms with Gasteiger partial charge in [0.2, 0.25) is 0 Å². The van der Waals surface area contributed by atoms with Crippen molar-refractivity contribution in [1.29, 1.82) is 0 Å². The van der Waals surface area contributed by atoms with Crippen molar-refractivity contribution in [3.8, 4) is 0 Å². The zero-order valence-corrected chi connectivity index (χ0v) is 13.3. The summed E-state index contributed by atoms with van der Waals surface area (Å²) >= 11 is 0. The molecule has 4 rings (SSSR count). The van der Waals surface area contributed by atoms with Crippen LogP contribution in [0.3, 0.4) is 0 Å². The number of aryl methyl sites for hydroxylation is 1. The third-order valence-electron chi connectivity index (χ3n) is 4.27. The highest BCUT2D eigenvalue weighted by Crippen LogP contribution is 2.36. The van der Waals surface area contributed by atoms with E-state index in [1.165, 1.54) is 33.3 Å². The zero-order valence-electron chi connectivity index (χ0n) is 12.5. The topological polar surface area (TPSA) is 3.24 Å². The van der Waals surface area contributed by atoms with Crippen LogP contribution < -0.4 is 4.90 Å². The molecule has 1 heterocycles. The maximum Gasteiger partial charge on any atom is 0.0487 e. The molecule has 1 nitrogen and oxygen atoms in total. The van der Waals surface area contributed by atoms with Gasteiger partial charge in [-0.2, -0.15) is 0 Å². The molecule has 1 aliphatic rings. The first-order valence-corrected chi connectivity index (χ1v) is 7.36. The van der Waals surface area contributed by atoms with Gasteiger partial charge in [-0.3, -0.25) is 0 Å². The van der Waals surface area contributed by atoms with Crippen molar-refractivity contribution in [3.05, 3.63) is 77.9 Å². The first-order valence-electron chi connectivity index (χ1n) is 7.36. The van der Waals surface area contributed by atoms with Gasteiger partial charge in [0.15, 0.2) is 0 Å². The van der Waals surface area contributed by atoms with Gasteiger partial charge in [-0.05, 0) is 41.0 Å². The van der Waals surface area contributed by atoms with Crippen LogP contribution in [0.2, 0.25) is 0 Å². The van der Waals surface area contributed by atoms with E-state index in [1.54, 1.807) is 0 Å². The molecule has 22 heavy (non-hydrogen) atoms. The molecule has 0 unspecified atom stereocenters. The van der Waals surface area contributed by atoms with E-state index in [9.17, 15) is 0 Å². The van der Waals surface area contributed by atoms with E-state index in [2.05, 4.69) is 84.6 Å². The summed E-state index contributed by atoms with van der Waals surface area (Å²) in [5.41, 5.74) is 5.22.